The van der Waals surface area contributed by atoms with Gasteiger partial charge in [-0.2, -0.15) is 0 Å². The number of ketones is 2. The number of amides is 1. The lowest BCUT2D eigenvalue weighted by atomic mass is 9.85. The van der Waals surface area contributed by atoms with Crippen molar-refractivity contribution in [3.8, 4) is 0 Å². The highest BCUT2D eigenvalue weighted by molar-refractivity contribution is 6.23. The Hall–Kier alpha value is -2.85. The van der Waals surface area contributed by atoms with E-state index >= 15 is 0 Å². The lowest BCUT2D eigenvalue weighted by molar-refractivity contribution is -0.161. The molecule has 4 N–H and O–H groups in total. The molecule has 1 spiro atoms. The largest absolute Gasteiger partial charge is 0.467 e. The number of hydrogen-bond acceptors (Lipinski definition) is 8. The first kappa shape index (κ1) is 22.8. The number of rotatable bonds is 7. The van der Waals surface area contributed by atoms with Crippen LogP contribution in [0, 0.1) is 0 Å². The molecular weight excluding hydrogens is 406 g/mol. The van der Waals surface area contributed by atoms with Crippen LogP contribution in [0.25, 0.3) is 0 Å². The average molecular weight is 431 g/mol. The fourth-order valence-electron chi connectivity index (χ4n) is 3.74. The summed E-state index contributed by atoms with van der Waals surface area (Å²) in [5, 5.41) is 33.5. The second kappa shape index (κ2) is 8.35. The highest BCUT2D eigenvalue weighted by Crippen LogP contribution is 2.44. The molecule has 0 saturated carbocycles. The highest BCUT2D eigenvalue weighted by atomic mass is 16.6. The van der Waals surface area contributed by atoms with E-state index in [2.05, 4.69) is 5.32 Å². The van der Waals surface area contributed by atoms with Crippen LogP contribution in [0.15, 0.2) is 53.8 Å². The first-order valence-electron chi connectivity index (χ1n) is 9.80. The van der Waals surface area contributed by atoms with Crippen LogP contribution < -0.4 is 5.32 Å². The van der Waals surface area contributed by atoms with Gasteiger partial charge < -0.3 is 30.1 Å². The standard InChI is InChI=1S/C22H25NO8/c1-4-14(24)10-11-15(25)16-12(2)17(26)21(31-16)19(28)22(30-3,23-20(21)29)18(27)13-8-6-5-7-9-13/h5-11,14-15,19,24-25,28H,4H2,1-3H3,(H,23,29). The normalized spacial score (nSPS) is 30.1. The van der Waals surface area contributed by atoms with E-state index < -0.39 is 47.1 Å². The number of aliphatic hydroxyl groups is 3. The maximum Gasteiger partial charge on any atom is 0.278 e. The van der Waals surface area contributed by atoms with Crippen molar-refractivity contribution in [2.24, 2.45) is 0 Å². The van der Waals surface area contributed by atoms with Crippen LogP contribution in [0.2, 0.25) is 0 Å². The van der Waals surface area contributed by atoms with Crippen LogP contribution in [0.3, 0.4) is 0 Å². The Morgan fingerprint density at radius 2 is 1.90 bits per heavy atom. The Morgan fingerprint density at radius 1 is 1.26 bits per heavy atom. The zero-order chi connectivity index (χ0) is 23.0. The molecule has 2 heterocycles. The fourth-order valence-corrected chi connectivity index (χ4v) is 3.74. The summed E-state index contributed by atoms with van der Waals surface area (Å²) in [5.41, 5.74) is -4.69. The number of ether oxygens (including phenoxy) is 2. The molecule has 0 aliphatic carbocycles. The molecule has 2 aliphatic rings. The lowest BCUT2D eigenvalue weighted by Crippen LogP contribution is -2.60. The van der Waals surface area contributed by atoms with E-state index in [0.29, 0.717) is 6.42 Å². The second-order valence-electron chi connectivity index (χ2n) is 7.45. The van der Waals surface area contributed by atoms with E-state index in [-0.39, 0.29) is 16.9 Å². The fraction of sp³-hybridized carbons (Fsp3) is 0.409. The quantitative estimate of drug-likeness (QED) is 0.269. The number of hydrogen-bond donors (Lipinski definition) is 4. The molecule has 5 atom stereocenters. The Labute approximate surface area is 179 Å². The summed E-state index contributed by atoms with van der Waals surface area (Å²) in [7, 11) is 1.12. The van der Waals surface area contributed by atoms with Gasteiger partial charge in [-0.15, -0.1) is 0 Å². The summed E-state index contributed by atoms with van der Waals surface area (Å²) in [5.74, 6) is -2.97. The first-order chi connectivity index (χ1) is 14.7. The van der Waals surface area contributed by atoms with Gasteiger partial charge >= 0.3 is 0 Å². The van der Waals surface area contributed by atoms with Crippen molar-refractivity contribution in [2.45, 2.75) is 49.9 Å². The maximum absolute atomic E-state index is 13.1. The zero-order valence-electron chi connectivity index (χ0n) is 17.4. The predicted octanol–water partition coefficient (Wildman–Crippen LogP) is 0.00280. The molecule has 1 saturated heterocycles. The van der Waals surface area contributed by atoms with E-state index in [0.717, 1.165) is 7.11 Å². The molecule has 0 radical (unpaired) electrons. The van der Waals surface area contributed by atoms with Gasteiger partial charge in [-0.05, 0) is 13.3 Å². The molecule has 1 amide bonds. The van der Waals surface area contributed by atoms with Crippen molar-refractivity contribution in [1.29, 1.82) is 0 Å². The second-order valence-corrected chi connectivity index (χ2v) is 7.45. The molecule has 0 bridgehead atoms. The topological polar surface area (TPSA) is 142 Å². The molecule has 5 unspecified atom stereocenters. The zero-order valence-corrected chi connectivity index (χ0v) is 17.4. The van der Waals surface area contributed by atoms with Gasteiger partial charge in [0.2, 0.25) is 17.3 Å². The van der Waals surface area contributed by atoms with Crippen LogP contribution in [0.5, 0.6) is 0 Å². The molecule has 31 heavy (non-hydrogen) atoms. The monoisotopic (exact) mass is 431 g/mol. The number of carbonyl (C=O) groups excluding carboxylic acids is 3. The van der Waals surface area contributed by atoms with Gasteiger partial charge in [0, 0.05) is 18.2 Å². The van der Waals surface area contributed by atoms with Crippen LogP contribution in [-0.4, -0.2) is 69.5 Å². The lowest BCUT2D eigenvalue weighted by Gasteiger charge is -2.32. The van der Waals surface area contributed by atoms with Crippen molar-refractivity contribution in [3.63, 3.8) is 0 Å². The summed E-state index contributed by atoms with van der Waals surface area (Å²) in [6.07, 6.45) is -1.35. The minimum atomic E-state index is -2.49. The molecule has 1 fully saturated rings. The molecule has 1 aromatic carbocycles. The van der Waals surface area contributed by atoms with Gasteiger partial charge in [0.05, 0.1) is 6.10 Å². The Morgan fingerprint density at radius 3 is 2.48 bits per heavy atom. The number of carbonyl (C=O) groups is 3. The van der Waals surface area contributed by atoms with Crippen LogP contribution >= 0.6 is 0 Å². The minimum absolute atomic E-state index is 0.0867. The molecule has 3 rings (SSSR count). The molecule has 2 aliphatic heterocycles. The van der Waals surface area contributed by atoms with Gasteiger partial charge in [0.15, 0.2) is 6.10 Å². The first-order valence-corrected chi connectivity index (χ1v) is 9.80. The average Bonchev–Trinajstić information content (AvgIpc) is 3.18. The Bertz CT molecular complexity index is 956. The SMILES string of the molecule is CCC(O)C=CC(O)C1=C(C)C(=O)C2(O1)C(=O)NC(OC)(C(=O)c1ccccc1)C2O. The Balaban J connectivity index is 1.98. The summed E-state index contributed by atoms with van der Waals surface area (Å²) in [4.78, 5) is 39.1. The Kier molecular flexibility index (Phi) is 6.15. The minimum Gasteiger partial charge on any atom is -0.467 e. The molecule has 166 valence electrons. The predicted molar refractivity (Wildman–Crippen MR) is 108 cm³/mol. The summed E-state index contributed by atoms with van der Waals surface area (Å²) in [6, 6.07) is 7.85. The summed E-state index contributed by atoms with van der Waals surface area (Å²) in [6.45, 7) is 3.08. The van der Waals surface area contributed by atoms with Crippen molar-refractivity contribution in [1.82, 2.24) is 5.32 Å². The van der Waals surface area contributed by atoms with Crippen molar-refractivity contribution >= 4 is 17.5 Å². The smallest absolute Gasteiger partial charge is 0.278 e. The van der Waals surface area contributed by atoms with Crippen molar-refractivity contribution < 1.29 is 39.2 Å². The van der Waals surface area contributed by atoms with Gasteiger partial charge in [-0.25, -0.2) is 0 Å². The molecule has 1 aromatic rings. The molecule has 9 heteroatoms. The van der Waals surface area contributed by atoms with E-state index in [9.17, 15) is 29.7 Å². The summed E-state index contributed by atoms with van der Waals surface area (Å²) >= 11 is 0. The third kappa shape index (κ3) is 3.39. The van der Waals surface area contributed by atoms with Gasteiger partial charge in [-0.3, -0.25) is 14.4 Å². The third-order valence-corrected chi connectivity index (χ3v) is 5.62. The number of aliphatic hydroxyl groups excluding tert-OH is 3. The van der Waals surface area contributed by atoms with Crippen molar-refractivity contribution in [2.75, 3.05) is 7.11 Å². The molecule has 0 aromatic heterocycles. The van der Waals surface area contributed by atoms with Gasteiger partial charge in [-0.1, -0.05) is 49.4 Å². The van der Waals surface area contributed by atoms with E-state index in [1.165, 1.54) is 31.2 Å². The third-order valence-electron chi connectivity index (χ3n) is 5.62. The van der Waals surface area contributed by atoms with E-state index in [4.69, 9.17) is 9.47 Å². The molecular formula is C22H25NO8. The van der Waals surface area contributed by atoms with E-state index in [1.54, 1.807) is 25.1 Å². The number of methoxy groups -OCH3 is 1. The van der Waals surface area contributed by atoms with Crippen LogP contribution in [0.4, 0.5) is 0 Å². The van der Waals surface area contributed by atoms with Gasteiger partial charge in [0.25, 0.3) is 11.5 Å². The number of nitrogens with one attached hydrogen (secondary N) is 1. The summed E-state index contributed by atoms with van der Waals surface area (Å²) < 4.78 is 10.8. The number of Topliss-reactive ketones (excluding diaryl/α,β-unsaturated/α-hetero) is 2. The van der Waals surface area contributed by atoms with Gasteiger partial charge in [0.1, 0.15) is 11.9 Å². The van der Waals surface area contributed by atoms with Crippen molar-refractivity contribution in [3.05, 3.63) is 59.4 Å². The van der Waals surface area contributed by atoms with E-state index in [1.807, 2.05) is 0 Å². The molecule has 9 nitrogen and oxygen atoms in total. The number of benzene rings is 1. The maximum atomic E-state index is 13.1. The van der Waals surface area contributed by atoms with Crippen LogP contribution in [0.1, 0.15) is 30.6 Å². The van der Waals surface area contributed by atoms with Crippen LogP contribution in [-0.2, 0) is 19.1 Å². The highest BCUT2D eigenvalue weighted by Gasteiger charge is 2.74.